The monoisotopic (exact) mass is 816 g/mol. The molecule has 0 unspecified atom stereocenters. The molecule has 0 aromatic carbocycles. The van der Waals surface area contributed by atoms with Crippen molar-refractivity contribution in [3.63, 3.8) is 0 Å². The number of hydrogen-bond donors (Lipinski definition) is 0. The summed E-state index contributed by atoms with van der Waals surface area (Å²) in [6.45, 7) is 18.4. The molecule has 0 N–H and O–H groups in total. The van der Waals surface area contributed by atoms with Gasteiger partial charge in [-0.25, -0.2) is 37.9 Å². The minimum absolute atomic E-state index is 0.0686. The quantitative estimate of drug-likeness (QED) is 0.222. The van der Waals surface area contributed by atoms with Crippen molar-refractivity contribution in [2.24, 2.45) is 23.7 Å². The molecule has 0 saturated carbocycles. The summed E-state index contributed by atoms with van der Waals surface area (Å²) >= 11 is 1.66. The third kappa shape index (κ3) is 12.8. The molecule has 0 atom stereocenters. The van der Waals surface area contributed by atoms with Gasteiger partial charge in [-0.15, -0.1) is 11.8 Å². The van der Waals surface area contributed by atoms with Gasteiger partial charge in [-0.2, -0.15) is 0 Å². The van der Waals surface area contributed by atoms with Crippen LogP contribution < -0.4 is 9.80 Å². The van der Waals surface area contributed by atoms with E-state index in [-0.39, 0.29) is 17.2 Å². The fraction of sp³-hybridized carbons (Fsp3) is 0.750. The van der Waals surface area contributed by atoms with E-state index < -0.39 is 21.0 Å². The first kappa shape index (κ1) is 43.7. The highest BCUT2D eigenvalue weighted by Crippen LogP contribution is 2.36. The Bertz CT molecular complexity index is 1700. The number of aromatic nitrogens is 4. The van der Waals surface area contributed by atoms with E-state index in [9.17, 15) is 18.0 Å². The lowest BCUT2D eigenvalue weighted by molar-refractivity contribution is 0.0142. The molecular formula is C40H64N8O6S2. The molecule has 16 heteroatoms. The first-order valence-electron chi connectivity index (χ1n) is 20.2. The van der Waals surface area contributed by atoms with Gasteiger partial charge in [0.15, 0.2) is 14.9 Å². The van der Waals surface area contributed by atoms with Crippen LogP contribution in [0.2, 0.25) is 0 Å². The molecule has 14 nitrogen and oxygen atoms in total. The van der Waals surface area contributed by atoms with Crippen LogP contribution in [0.4, 0.5) is 21.2 Å². The minimum atomic E-state index is -3.34. The van der Waals surface area contributed by atoms with E-state index in [0.29, 0.717) is 17.7 Å². The lowest BCUT2D eigenvalue weighted by atomic mass is 9.79. The molecule has 4 saturated heterocycles. The summed E-state index contributed by atoms with van der Waals surface area (Å²) in [7, 11) is -3.34. The second kappa shape index (κ2) is 18.9. The summed E-state index contributed by atoms with van der Waals surface area (Å²) in [5, 5.41) is 1.09. The van der Waals surface area contributed by atoms with E-state index in [4.69, 9.17) is 9.47 Å². The molecule has 2 aromatic rings. The number of amides is 2. The summed E-state index contributed by atoms with van der Waals surface area (Å²) in [5.41, 5.74) is -0.878. The fourth-order valence-corrected chi connectivity index (χ4v) is 9.21. The number of nitrogens with zero attached hydrogens (tertiary/aromatic N) is 8. The summed E-state index contributed by atoms with van der Waals surface area (Å²) < 4.78 is 34.4. The Kier molecular flexibility index (Phi) is 14.8. The van der Waals surface area contributed by atoms with Gasteiger partial charge >= 0.3 is 12.2 Å². The van der Waals surface area contributed by atoms with Gasteiger partial charge in [0.2, 0.25) is 0 Å². The Hall–Kier alpha value is -3.40. The van der Waals surface area contributed by atoms with Gasteiger partial charge in [0.25, 0.3) is 0 Å². The SMILES string of the molecule is CC(C)(C)OC(=O)N1CCC(C2CCN(c3cc(S(C)(=O)=O)ncn3)CC2)CC1.CSc1cc(N2CCC(C3CCN(C(=O)OC(C)(C)C)CC3)CC2)ncn1. The van der Waals surface area contributed by atoms with E-state index in [1.54, 1.807) is 24.2 Å². The molecule has 2 amide bonds. The van der Waals surface area contributed by atoms with Gasteiger partial charge in [-0.05, 0) is 123 Å². The highest BCUT2D eigenvalue weighted by Gasteiger charge is 2.34. The number of likely N-dealkylation sites (tertiary alicyclic amines) is 2. The van der Waals surface area contributed by atoms with Crippen molar-refractivity contribution in [2.75, 3.05) is 74.7 Å². The Morgan fingerprint density at radius 1 is 0.607 bits per heavy atom. The van der Waals surface area contributed by atoms with Crippen LogP contribution in [0.5, 0.6) is 0 Å². The van der Waals surface area contributed by atoms with Gasteiger partial charge in [-0.1, -0.05) is 0 Å². The summed E-state index contributed by atoms with van der Waals surface area (Å²) in [5.74, 6) is 4.45. The lowest BCUT2D eigenvalue weighted by Crippen LogP contribution is -2.44. The van der Waals surface area contributed by atoms with Gasteiger partial charge in [0.05, 0.1) is 0 Å². The van der Waals surface area contributed by atoms with Crippen molar-refractivity contribution in [3.8, 4) is 0 Å². The number of ether oxygens (including phenoxy) is 2. The Balaban J connectivity index is 0.000000215. The predicted octanol–water partition coefficient (Wildman–Crippen LogP) is 6.81. The van der Waals surface area contributed by atoms with E-state index in [2.05, 4.69) is 35.8 Å². The van der Waals surface area contributed by atoms with E-state index in [0.717, 1.165) is 120 Å². The smallest absolute Gasteiger partial charge is 0.410 e. The topological polar surface area (TPSA) is 151 Å². The molecule has 0 bridgehead atoms. The first-order valence-corrected chi connectivity index (χ1v) is 23.3. The summed E-state index contributed by atoms with van der Waals surface area (Å²) in [4.78, 5) is 49.5. The third-order valence-corrected chi connectivity index (χ3v) is 12.9. The maximum atomic E-state index is 12.2. The normalized spacial score (nSPS) is 20.0. The molecule has 312 valence electrons. The van der Waals surface area contributed by atoms with Gasteiger partial charge in [-0.3, -0.25) is 0 Å². The zero-order chi connectivity index (χ0) is 40.7. The minimum Gasteiger partial charge on any atom is -0.444 e. The first-order chi connectivity index (χ1) is 26.4. The standard InChI is InChI=1S/C20H32N4O4S.C20H32N4O2S/c1-20(2,3)28-19(25)24-11-7-16(8-12-24)15-5-9-23(10-6-15)17-13-18(22-14-21-17)29(4,26)27;1-20(2,3)26-19(25)24-11-7-16(8-12-24)15-5-9-23(10-6-15)17-13-18(27-4)22-14-21-17/h13-16H,5-12H2,1-4H3;13-16H,5-12H2,1-4H3. The van der Waals surface area contributed by atoms with Crippen LogP contribution in [0.15, 0.2) is 34.8 Å². The van der Waals surface area contributed by atoms with Crippen LogP contribution in [-0.4, -0.2) is 126 Å². The molecule has 6 heterocycles. The van der Waals surface area contributed by atoms with E-state index in [1.165, 1.54) is 19.2 Å². The molecule has 4 aliphatic rings. The van der Waals surface area contributed by atoms with Crippen molar-refractivity contribution in [2.45, 2.75) is 114 Å². The van der Waals surface area contributed by atoms with Crippen molar-refractivity contribution in [1.29, 1.82) is 0 Å². The summed E-state index contributed by atoms with van der Waals surface area (Å²) in [6.07, 6.45) is 14.5. The molecule has 6 rings (SSSR count). The van der Waals surface area contributed by atoms with Gasteiger partial charge in [0, 0.05) is 70.7 Å². The Labute approximate surface area is 338 Å². The van der Waals surface area contributed by atoms with Crippen molar-refractivity contribution < 1.29 is 27.5 Å². The number of thioether (sulfide) groups is 1. The molecule has 56 heavy (non-hydrogen) atoms. The fourth-order valence-electron chi connectivity index (χ4n) is 8.28. The van der Waals surface area contributed by atoms with Crippen LogP contribution in [0, 0.1) is 23.7 Å². The zero-order valence-corrected chi connectivity index (χ0v) is 36.4. The third-order valence-electron chi connectivity index (χ3n) is 11.3. The van der Waals surface area contributed by atoms with Crippen LogP contribution in [0.3, 0.4) is 0 Å². The zero-order valence-electron chi connectivity index (χ0n) is 34.8. The molecule has 4 fully saturated rings. The average Bonchev–Trinajstić information content (AvgIpc) is 3.17. The van der Waals surface area contributed by atoms with Crippen molar-refractivity contribution >= 4 is 45.4 Å². The summed E-state index contributed by atoms with van der Waals surface area (Å²) in [6, 6.07) is 3.65. The molecule has 2 aromatic heterocycles. The second-order valence-electron chi connectivity index (χ2n) is 17.7. The van der Waals surface area contributed by atoms with Crippen LogP contribution in [0.1, 0.15) is 92.9 Å². The number of piperidine rings is 4. The molecule has 0 aliphatic carbocycles. The van der Waals surface area contributed by atoms with Crippen LogP contribution in [-0.2, 0) is 19.3 Å². The molecule has 0 radical (unpaired) electrons. The Morgan fingerprint density at radius 2 is 0.964 bits per heavy atom. The van der Waals surface area contributed by atoms with E-state index in [1.807, 2.05) is 57.6 Å². The Morgan fingerprint density at radius 3 is 1.32 bits per heavy atom. The number of anilines is 2. The average molecular weight is 817 g/mol. The molecular weight excluding hydrogens is 753 g/mol. The number of rotatable bonds is 6. The van der Waals surface area contributed by atoms with Crippen molar-refractivity contribution in [1.82, 2.24) is 29.7 Å². The number of sulfone groups is 1. The maximum absolute atomic E-state index is 12.2. The molecule has 4 aliphatic heterocycles. The second-order valence-corrected chi connectivity index (χ2v) is 20.5. The van der Waals surface area contributed by atoms with Crippen LogP contribution >= 0.6 is 11.8 Å². The van der Waals surface area contributed by atoms with Crippen molar-refractivity contribution in [3.05, 3.63) is 24.8 Å². The predicted molar refractivity (Wildman–Crippen MR) is 220 cm³/mol. The van der Waals surface area contributed by atoms with Gasteiger partial charge < -0.3 is 29.1 Å². The number of carbonyl (C=O) groups excluding carboxylic acids is 2. The largest absolute Gasteiger partial charge is 0.444 e. The highest BCUT2D eigenvalue weighted by molar-refractivity contribution is 7.98. The van der Waals surface area contributed by atoms with Crippen LogP contribution in [0.25, 0.3) is 0 Å². The highest BCUT2D eigenvalue weighted by atomic mass is 32.2. The number of hydrogen-bond acceptors (Lipinski definition) is 13. The number of carbonyl (C=O) groups is 2. The van der Waals surface area contributed by atoms with E-state index >= 15 is 0 Å². The maximum Gasteiger partial charge on any atom is 0.410 e. The van der Waals surface area contributed by atoms with Gasteiger partial charge in [0.1, 0.15) is 40.5 Å². The molecule has 0 spiro atoms. The lowest BCUT2D eigenvalue weighted by Gasteiger charge is -2.40.